The van der Waals surface area contributed by atoms with Gasteiger partial charge in [0.1, 0.15) is 11.8 Å². The summed E-state index contributed by atoms with van der Waals surface area (Å²) < 4.78 is 30.8. The molecule has 0 heterocycles. The van der Waals surface area contributed by atoms with Crippen LogP contribution in [-0.2, 0) is 14.8 Å². The van der Waals surface area contributed by atoms with E-state index in [1.165, 1.54) is 31.6 Å². The molecule has 1 aromatic carbocycles. The maximum Gasteiger partial charge on any atom is 0.243 e. The molecule has 1 aromatic rings. The predicted molar refractivity (Wildman–Crippen MR) is 109 cm³/mol. The average molecular weight is 415 g/mol. The molecule has 1 aliphatic rings. The van der Waals surface area contributed by atoms with Gasteiger partial charge >= 0.3 is 0 Å². The Morgan fingerprint density at radius 1 is 1.37 bits per heavy atom. The van der Waals surface area contributed by atoms with Gasteiger partial charge in [0.05, 0.1) is 24.1 Å². The monoisotopic (exact) mass is 414 g/mol. The van der Waals surface area contributed by atoms with E-state index in [4.69, 9.17) is 16.3 Å². The lowest BCUT2D eigenvalue weighted by Gasteiger charge is -2.28. The Balaban J connectivity index is 2.10. The maximum atomic E-state index is 12.6. The minimum Gasteiger partial charge on any atom is -0.495 e. The summed E-state index contributed by atoms with van der Waals surface area (Å²) in [5, 5.41) is 3.12. The fraction of sp³-hybridized carbons (Fsp3) is 0.526. The van der Waals surface area contributed by atoms with Crippen molar-refractivity contribution < 1.29 is 17.9 Å². The number of nitrogens with one attached hydrogen (secondary N) is 1. The molecule has 0 aliphatic heterocycles. The third-order valence-corrected chi connectivity index (χ3v) is 6.15. The number of rotatable bonds is 8. The van der Waals surface area contributed by atoms with E-state index in [9.17, 15) is 13.2 Å². The fourth-order valence-electron chi connectivity index (χ4n) is 3.23. The number of sulfonamides is 1. The van der Waals surface area contributed by atoms with Crippen molar-refractivity contribution in [3.63, 3.8) is 0 Å². The molecule has 1 aliphatic carbocycles. The van der Waals surface area contributed by atoms with Crippen molar-refractivity contribution in [2.45, 2.75) is 45.1 Å². The number of amides is 1. The minimum atomic E-state index is -3.68. The molecular weight excluding hydrogens is 388 g/mol. The van der Waals surface area contributed by atoms with Crippen molar-refractivity contribution >= 4 is 33.2 Å². The first kappa shape index (κ1) is 21.6. The Bertz CT molecular complexity index is 808. The van der Waals surface area contributed by atoms with Gasteiger partial charge in [-0.1, -0.05) is 23.3 Å². The topological polar surface area (TPSA) is 75.7 Å². The van der Waals surface area contributed by atoms with Crippen molar-refractivity contribution in [2.75, 3.05) is 24.2 Å². The summed E-state index contributed by atoms with van der Waals surface area (Å²) in [5.74, 6) is 0.0931. The van der Waals surface area contributed by atoms with Gasteiger partial charge in [-0.25, -0.2) is 8.42 Å². The van der Waals surface area contributed by atoms with Crippen LogP contribution in [-0.4, -0.2) is 40.3 Å². The number of ether oxygens (including phenoxy) is 1. The van der Waals surface area contributed by atoms with Gasteiger partial charge < -0.3 is 10.1 Å². The second-order valence-electron chi connectivity index (χ2n) is 6.70. The molecule has 6 nitrogen and oxygen atoms in total. The number of nitrogens with zero attached hydrogens (tertiary/aromatic N) is 1. The van der Waals surface area contributed by atoms with Crippen LogP contribution in [0, 0.1) is 0 Å². The Hall–Kier alpha value is -1.73. The van der Waals surface area contributed by atoms with Crippen molar-refractivity contribution in [3.05, 3.63) is 34.9 Å². The third kappa shape index (κ3) is 5.87. The van der Waals surface area contributed by atoms with Crippen LogP contribution in [0.15, 0.2) is 29.8 Å². The minimum absolute atomic E-state index is 0.278. The van der Waals surface area contributed by atoms with Gasteiger partial charge in [0.15, 0.2) is 0 Å². The Labute approximate surface area is 166 Å². The van der Waals surface area contributed by atoms with Crippen LogP contribution in [0.2, 0.25) is 5.02 Å². The quantitative estimate of drug-likeness (QED) is 0.660. The van der Waals surface area contributed by atoms with E-state index in [1.54, 1.807) is 19.1 Å². The first-order chi connectivity index (χ1) is 12.7. The molecule has 0 spiro atoms. The first-order valence-corrected chi connectivity index (χ1v) is 11.2. The number of benzene rings is 1. The van der Waals surface area contributed by atoms with E-state index in [0.717, 1.165) is 29.8 Å². The highest BCUT2D eigenvalue weighted by Gasteiger charge is 2.29. The first-order valence-electron chi connectivity index (χ1n) is 9.02. The van der Waals surface area contributed by atoms with Crippen molar-refractivity contribution in [2.24, 2.45) is 0 Å². The molecule has 0 fully saturated rings. The molecule has 1 atom stereocenters. The van der Waals surface area contributed by atoms with Gasteiger partial charge in [0.25, 0.3) is 0 Å². The highest BCUT2D eigenvalue weighted by molar-refractivity contribution is 7.92. The van der Waals surface area contributed by atoms with Gasteiger partial charge in [-0.15, -0.1) is 0 Å². The number of allylic oxidation sites excluding steroid dienone is 1. The Morgan fingerprint density at radius 2 is 2.11 bits per heavy atom. The van der Waals surface area contributed by atoms with E-state index in [1.807, 2.05) is 0 Å². The third-order valence-electron chi connectivity index (χ3n) is 4.61. The van der Waals surface area contributed by atoms with Crippen LogP contribution >= 0.6 is 11.6 Å². The van der Waals surface area contributed by atoms with Crippen molar-refractivity contribution in [1.82, 2.24) is 5.32 Å². The van der Waals surface area contributed by atoms with Crippen molar-refractivity contribution in [3.8, 4) is 5.75 Å². The van der Waals surface area contributed by atoms with E-state index in [-0.39, 0.29) is 10.9 Å². The van der Waals surface area contributed by atoms with Gasteiger partial charge in [-0.05, 0) is 57.2 Å². The Morgan fingerprint density at radius 3 is 2.67 bits per heavy atom. The summed E-state index contributed by atoms with van der Waals surface area (Å²) in [5.41, 5.74) is 1.68. The number of anilines is 1. The highest BCUT2D eigenvalue weighted by atomic mass is 35.5. The molecule has 150 valence electrons. The van der Waals surface area contributed by atoms with Gasteiger partial charge in [-0.3, -0.25) is 9.10 Å². The maximum absolute atomic E-state index is 12.6. The largest absolute Gasteiger partial charge is 0.495 e. The summed E-state index contributed by atoms with van der Waals surface area (Å²) in [6, 6.07) is 3.74. The molecule has 0 saturated carbocycles. The van der Waals surface area contributed by atoms with Gasteiger partial charge in [-0.2, -0.15) is 0 Å². The number of carbonyl (C=O) groups excluding carboxylic acids is 1. The standard InChI is InChI=1S/C19H27ClN2O4S/c1-14(19(23)21-12-11-15-7-5-4-6-8-15)22(27(3,24)25)16-9-10-18(26-2)17(20)13-16/h7,9-10,13-14H,4-6,8,11-12H2,1-3H3,(H,21,23)/t14-/m1/s1. The summed E-state index contributed by atoms with van der Waals surface area (Å²) in [7, 11) is -2.20. The number of hydrogen-bond donors (Lipinski definition) is 1. The molecule has 1 amide bonds. The van der Waals surface area contributed by atoms with E-state index < -0.39 is 16.1 Å². The molecule has 8 heteroatoms. The van der Waals surface area contributed by atoms with Crippen molar-refractivity contribution in [1.29, 1.82) is 0 Å². The van der Waals surface area contributed by atoms with Crippen LogP contribution in [0.1, 0.15) is 39.0 Å². The summed E-state index contributed by atoms with van der Waals surface area (Å²) in [4.78, 5) is 12.6. The Kier molecular flexibility index (Phi) is 7.56. The molecule has 27 heavy (non-hydrogen) atoms. The van der Waals surface area contributed by atoms with E-state index in [0.29, 0.717) is 18.0 Å². The second-order valence-corrected chi connectivity index (χ2v) is 8.97. The smallest absolute Gasteiger partial charge is 0.243 e. The molecule has 0 unspecified atom stereocenters. The number of halogens is 1. The van der Waals surface area contributed by atoms with Crippen LogP contribution in [0.4, 0.5) is 5.69 Å². The van der Waals surface area contributed by atoms with Crippen LogP contribution in [0.5, 0.6) is 5.75 Å². The summed E-state index contributed by atoms with van der Waals surface area (Å²) in [6.07, 6.45) is 8.69. The number of carbonyl (C=O) groups is 1. The average Bonchev–Trinajstić information content (AvgIpc) is 2.61. The van der Waals surface area contributed by atoms with Crippen LogP contribution in [0.25, 0.3) is 0 Å². The van der Waals surface area contributed by atoms with Crippen LogP contribution in [0.3, 0.4) is 0 Å². The molecule has 0 saturated heterocycles. The molecule has 1 N–H and O–H groups in total. The lowest BCUT2D eigenvalue weighted by Crippen LogP contribution is -2.48. The zero-order valence-corrected chi connectivity index (χ0v) is 17.6. The molecule has 2 rings (SSSR count). The van der Waals surface area contributed by atoms with Crippen LogP contribution < -0.4 is 14.4 Å². The van der Waals surface area contributed by atoms with Gasteiger partial charge in [0.2, 0.25) is 15.9 Å². The lowest BCUT2D eigenvalue weighted by molar-refractivity contribution is -0.121. The highest BCUT2D eigenvalue weighted by Crippen LogP contribution is 2.31. The predicted octanol–water partition coefficient (Wildman–Crippen LogP) is 3.51. The summed E-state index contributed by atoms with van der Waals surface area (Å²) >= 11 is 6.12. The zero-order chi connectivity index (χ0) is 20.0. The molecule has 0 radical (unpaired) electrons. The zero-order valence-electron chi connectivity index (χ0n) is 16.0. The molecule has 0 aromatic heterocycles. The van der Waals surface area contributed by atoms with E-state index >= 15 is 0 Å². The summed E-state index contributed by atoms with van der Waals surface area (Å²) in [6.45, 7) is 2.06. The normalized spacial score (nSPS) is 15.6. The molecule has 0 bridgehead atoms. The van der Waals surface area contributed by atoms with Gasteiger partial charge in [0, 0.05) is 6.54 Å². The van der Waals surface area contributed by atoms with E-state index in [2.05, 4.69) is 11.4 Å². The fourth-order valence-corrected chi connectivity index (χ4v) is 4.65. The molecular formula is C19H27ClN2O4S. The SMILES string of the molecule is COc1ccc(N([C@H](C)C(=O)NCCC2=CCCCC2)S(C)(=O)=O)cc1Cl. The number of hydrogen-bond acceptors (Lipinski definition) is 4. The second kappa shape index (κ2) is 9.46. The number of methoxy groups -OCH3 is 1. The lowest BCUT2D eigenvalue weighted by atomic mass is 9.97.